The van der Waals surface area contributed by atoms with Gasteiger partial charge in [0.05, 0.1) is 32.1 Å². The number of carbonyl (C=O) groups is 1. The lowest BCUT2D eigenvalue weighted by Gasteiger charge is -2.38. The number of methoxy groups -OCH3 is 1. The topological polar surface area (TPSA) is 79.8 Å². The van der Waals surface area contributed by atoms with Crippen LogP contribution in [0.4, 0.5) is 0 Å². The molecule has 8 heteroatoms. The quantitative estimate of drug-likeness (QED) is 0.0758. The van der Waals surface area contributed by atoms with Crippen molar-refractivity contribution in [2.75, 3.05) is 7.11 Å². The van der Waals surface area contributed by atoms with E-state index in [2.05, 4.69) is 199 Å². The first-order valence-electron chi connectivity index (χ1n) is 21.7. The van der Waals surface area contributed by atoms with Gasteiger partial charge in [-0.3, -0.25) is 4.79 Å². The van der Waals surface area contributed by atoms with Crippen LogP contribution >= 0.6 is 0 Å². The van der Waals surface area contributed by atoms with Gasteiger partial charge in [-0.15, -0.1) is 0 Å². The Morgan fingerprint density at radius 1 is 0.538 bits per heavy atom. The van der Waals surface area contributed by atoms with Crippen LogP contribution in [0, 0.1) is 0 Å². The molecule has 3 aromatic heterocycles. The average Bonchev–Trinajstić information content (AvgIpc) is 4.22. The van der Waals surface area contributed by atoms with Crippen LogP contribution < -0.4 is 4.74 Å². The second kappa shape index (κ2) is 17.8. The Labute approximate surface area is 378 Å². The van der Waals surface area contributed by atoms with E-state index in [1.807, 2.05) is 61.7 Å². The minimum absolute atomic E-state index is 0.0106. The Morgan fingerprint density at radius 3 is 1.68 bits per heavy atom. The van der Waals surface area contributed by atoms with Gasteiger partial charge in [0.1, 0.15) is 22.5 Å². The van der Waals surface area contributed by atoms with Gasteiger partial charge in [0, 0.05) is 31.0 Å². The van der Waals surface area contributed by atoms with E-state index in [1.54, 1.807) is 13.4 Å². The van der Waals surface area contributed by atoms with Crippen LogP contribution in [-0.2, 0) is 17.5 Å². The molecule has 0 radical (unpaired) electrons. The van der Waals surface area contributed by atoms with E-state index in [0.29, 0.717) is 5.69 Å². The first-order chi connectivity index (χ1) is 32.1. The van der Waals surface area contributed by atoms with E-state index in [1.165, 1.54) is 11.1 Å². The Kier molecular flexibility index (Phi) is 11.1. The molecule has 0 aliphatic rings. The van der Waals surface area contributed by atoms with Gasteiger partial charge in [-0.2, -0.15) is 0 Å². The smallest absolute Gasteiger partial charge is 0.169 e. The lowest BCUT2D eigenvalue weighted by atomic mass is 9.75. The number of aldehydes is 1. The molecule has 0 bridgehead atoms. The second-order valence-corrected chi connectivity index (χ2v) is 16.2. The van der Waals surface area contributed by atoms with E-state index in [9.17, 15) is 4.79 Å². The van der Waals surface area contributed by atoms with Crippen LogP contribution in [-0.4, -0.2) is 42.0 Å². The van der Waals surface area contributed by atoms with E-state index >= 15 is 0 Å². The summed E-state index contributed by atoms with van der Waals surface area (Å²) >= 11 is 0. The van der Waals surface area contributed by atoms with Crippen LogP contribution in [0.15, 0.2) is 238 Å². The molecule has 3 heterocycles. The Morgan fingerprint density at radius 2 is 1.11 bits per heavy atom. The molecule has 0 saturated heterocycles. The third-order valence-electron chi connectivity index (χ3n) is 12.7. The second-order valence-electron chi connectivity index (χ2n) is 16.2. The van der Waals surface area contributed by atoms with Gasteiger partial charge in [0.25, 0.3) is 0 Å². The Balaban J connectivity index is 1.10. The summed E-state index contributed by atoms with van der Waals surface area (Å²) < 4.78 is 12.0. The van der Waals surface area contributed by atoms with Crippen molar-refractivity contribution in [1.29, 1.82) is 0 Å². The summed E-state index contributed by atoms with van der Waals surface area (Å²) in [6, 6.07) is 66.4. The van der Waals surface area contributed by atoms with Crippen LogP contribution in [0.2, 0.25) is 0 Å². The van der Waals surface area contributed by atoms with Crippen molar-refractivity contribution >= 4 is 6.29 Å². The lowest BCUT2D eigenvalue weighted by molar-refractivity contribution is 0.111. The molecule has 0 saturated carbocycles. The molecule has 65 heavy (non-hydrogen) atoms. The van der Waals surface area contributed by atoms with Crippen LogP contribution in [0.5, 0.6) is 5.75 Å². The van der Waals surface area contributed by atoms with E-state index in [-0.39, 0.29) is 6.04 Å². The number of carbonyl (C=O) groups excluding carboxylic acids is 1. The zero-order valence-electron chi connectivity index (χ0n) is 35.9. The van der Waals surface area contributed by atoms with E-state index in [4.69, 9.17) is 4.74 Å². The molecule has 0 aliphatic carbocycles. The monoisotopic (exact) mass is 846 g/mol. The van der Waals surface area contributed by atoms with Gasteiger partial charge in [0.2, 0.25) is 0 Å². The first kappa shape index (κ1) is 40.7. The fourth-order valence-corrected chi connectivity index (χ4v) is 9.62. The summed E-state index contributed by atoms with van der Waals surface area (Å²) in [6.45, 7) is 0. The average molecular weight is 847 g/mol. The highest BCUT2D eigenvalue weighted by Crippen LogP contribution is 2.44. The predicted molar refractivity (Wildman–Crippen MR) is 255 cm³/mol. The Hall–Kier alpha value is -8.36. The van der Waals surface area contributed by atoms with Gasteiger partial charge in [-0.1, -0.05) is 170 Å². The molecule has 10 aromatic rings. The maximum Gasteiger partial charge on any atom is 0.169 e. The minimum Gasteiger partial charge on any atom is -0.497 e. The molecular formula is C57H46N6O2. The fraction of sp³-hybridized carbons (Fsp3) is 0.0877. The van der Waals surface area contributed by atoms with Crippen molar-refractivity contribution in [2.24, 2.45) is 0 Å². The summed E-state index contributed by atoms with van der Waals surface area (Å²) in [5, 5.41) is 0. The molecule has 10 rings (SSSR count). The zero-order valence-corrected chi connectivity index (χ0v) is 35.9. The number of benzene rings is 7. The molecule has 0 fully saturated rings. The summed E-state index contributed by atoms with van der Waals surface area (Å²) in [5.41, 5.74) is 9.67. The number of aromatic nitrogens is 6. The largest absolute Gasteiger partial charge is 0.497 e. The van der Waals surface area contributed by atoms with Gasteiger partial charge < -0.3 is 18.4 Å². The number of hydrogen-bond acceptors (Lipinski definition) is 5. The van der Waals surface area contributed by atoms with Gasteiger partial charge >= 0.3 is 0 Å². The van der Waals surface area contributed by atoms with Crippen molar-refractivity contribution in [1.82, 2.24) is 28.7 Å². The van der Waals surface area contributed by atoms with Crippen LogP contribution in [0.1, 0.15) is 61.0 Å². The first-order valence-corrected chi connectivity index (χ1v) is 21.7. The van der Waals surface area contributed by atoms with Gasteiger partial charge in [-0.05, 0) is 80.3 Å². The Bertz CT molecular complexity index is 3070. The van der Waals surface area contributed by atoms with E-state index in [0.717, 1.165) is 63.0 Å². The highest BCUT2D eigenvalue weighted by molar-refractivity contribution is 5.72. The van der Waals surface area contributed by atoms with Crippen molar-refractivity contribution in [3.63, 3.8) is 0 Å². The number of hydrogen-bond donors (Lipinski definition) is 0. The lowest BCUT2D eigenvalue weighted by Crippen LogP contribution is -2.37. The third-order valence-corrected chi connectivity index (χ3v) is 12.7. The molecule has 2 unspecified atom stereocenters. The number of imidazole rings is 3. The van der Waals surface area contributed by atoms with Crippen molar-refractivity contribution in [3.8, 4) is 16.9 Å². The molecule has 0 aliphatic heterocycles. The normalized spacial score (nSPS) is 12.9. The minimum atomic E-state index is -0.827. The summed E-state index contributed by atoms with van der Waals surface area (Å²) in [5.74, 6) is 0.822. The van der Waals surface area contributed by atoms with E-state index < -0.39 is 11.1 Å². The maximum atomic E-state index is 12.0. The summed E-state index contributed by atoms with van der Waals surface area (Å²) in [6.07, 6.45) is 16.7. The van der Waals surface area contributed by atoms with Crippen molar-refractivity contribution in [2.45, 2.75) is 23.5 Å². The molecule has 316 valence electrons. The molecule has 2 atom stereocenters. The van der Waals surface area contributed by atoms with Gasteiger partial charge in [-0.25, -0.2) is 15.0 Å². The molecule has 0 spiro atoms. The molecule has 0 amide bonds. The molecular weight excluding hydrogens is 801 g/mol. The SMILES string of the molecule is COc1ccc(C(Cc2cccc(C(c3ccccc3)(c3ccc(-c4cccc(C(c5ccccc5)(c5ccccc5)n5cnc(C=O)c5)c4)cc3)n3ccnc3)c2)n2ccnc2)cc1. The van der Waals surface area contributed by atoms with Crippen LogP contribution in [0.25, 0.3) is 11.1 Å². The molecule has 7 aromatic carbocycles. The number of ether oxygens (including phenoxy) is 1. The molecule has 0 N–H and O–H groups in total. The highest BCUT2D eigenvalue weighted by Gasteiger charge is 2.40. The van der Waals surface area contributed by atoms with Crippen LogP contribution in [0.3, 0.4) is 0 Å². The van der Waals surface area contributed by atoms with Gasteiger partial charge in [0.15, 0.2) is 6.29 Å². The number of rotatable bonds is 15. The van der Waals surface area contributed by atoms with Crippen molar-refractivity contribution < 1.29 is 9.53 Å². The fourth-order valence-electron chi connectivity index (χ4n) is 9.62. The van der Waals surface area contributed by atoms with Crippen molar-refractivity contribution in [3.05, 3.63) is 288 Å². The highest BCUT2D eigenvalue weighted by atomic mass is 16.5. The number of nitrogens with zero attached hydrogens (tertiary/aromatic N) is 6. The summed E-state index contributed by atoms with van der Waals surface area (Å²) in [7, 11) is 1.69. The standard InChI is InChI=1S/C57H46N6O2/c1-65-54-29-25-45(26-30-54)55(61-33-31-58-40-61)36-43-13-11-21-51(35-43)56(62-34-32-59-41-62,47-15-5-2-6-16-47)50-27-23-44(24-28-50)46-14-12-22-52(37-46)57(48-17-7-3-8-18-48,49-19-9-4-10-20-49)63-38-53(39-64)60-42-63/h2-35,37-42,55H,36H2,1H3. The maximum absolute atomic E-state index is 12.0. The molecule has 8 nitrogen and oxygen atoms in total. The zero-order chi connectivity index (χ0) is 44.1. The predicted octanol–water partition coefficient (Wildman–Crippen LogP) is 11.3. The summed E-state index contributed by atoms with van der Waals surface area (Å²) in [4.78, 5) is 25.6. The third kappa shape index (κ3) is 7.44.